The first-order valence-corrected chi connectivity index (χ1v) is 4.92. The first-order chi connectivity index (χ1) is 8.20. The van der Waals surface area contributed by atoms with Gasteiger partial charge in [0.25, 0.3) is 11.6 Å². The zero-order valence-corrected chi connectivity index (χ0v) is 8.99. The normalized spacial score (nSPS) is 10.2. The molecular weight excluding hydrogens is 226 g/mol. The van der Waals surface area contributed by atoms with E-state index < -0.39 is 4.92 Å². The van der Waals surface area contributed by atoms with E-state index in [1.807, 2.05) is 0 Å². The van der Waals surface area contributed by atoms with E-state index in [-0.39, 0.29) is 17.7 Å². The lowest BCUT2D eigenvalue weighted by molar-refractivity contribution is -0.384. The lowest BCUT2D eigenvalue weighted by Gasteiger charge is -1.94. The fourth-order valence-electron chi connectivity index (χ4n) is 1.23. The number of ether oxygens (including phenoxy) is 1. The Kier molecular flexibility index (Phi) is 2.99. The molecule has 0 amide bonds. The fraction of sp³-hybridized carbons (Fsp3) is 0.200. The van der Waals surface area contributed by atoms with E-state index in [1.54, 1.807) is 19.1 Å². The summed E-state index contributed by atoms with van der Waals surface area (Å²) in [5.74, 6) is 0.267. The minimum Gasteiger partial charge on any atom is -0.449 e. The van der Waals surface area contributed by atoms with Crippen molar-refractivity contribution in [2.24, 2.45) is 0 Å². The van der Waals surface area contributed by atoms with Crippen molar-refractivity contribution in [3.63, 3.8) is 0 Å². The van der Waals surface area contributed by atoms with E-state index in [1.165, 1.54) is 12.1 Å². The molecule has 1 aromatic carbocycles. The zero-order chi connectivity index (χ0) is 12.3. The van der Waals surface area contributed by atoms with E-state index in [4.69, 9.17) is 9.15 Å². The van der Waals surface area contributed by atoms with Crippen LogP contribution >= 0.6 is 0 Å². The van der Waals surface area contributed by atoms with E-state index in [2.05, 4.69) is 10.2 Å². The number of nitrogens with zero attached hydrogens (tertiary/aromatic N) is 3. The molecule has 0 fully saturated rings. The Morgan fingerprint density at radius 1 is 1.35 bits per heavy atom. The first-order valence-electron chi connectivity index (χ1n) is 4.92. The Morgan fingerprint density at radius 3 is 2.65 bits per heavy atom. The average Bonchev–Trinajstić information content (AvgIpc) is 2.78. The van der Waals surface area contributed by atoms with Crippen molar-refractivity contribution in [1.29, 1.82) is 0 Å². The van der Waals surface area contributed by atoms with Crippen molar-refractivity contribution in [3.05, 3.63) is 34.4 Å². The number of aromatic nitrogens is 2. The zero-order valence-electron chi connectivity index (χ0n) is 8.99. The standard InChI is InChI=1S/C10H9N3O4/c1-2-16-10-12-11-9(17-10)7-3-5-8(6-4-7)13(14)15/h3-6H,2H2,1H3. The predicted molar refractivity (Wildman–Crippen MR) is 57.6 cm³/mol. The minimum absolute atomic E-state index is 0.0123. The van der Waals surface area contributed by atoms with Gasteiger partial charge in [-0.3, -0.25) is 10.1 Å². The molecule has 0 bridgehead atoms. The molecule has 0 saturated heterocycles. The summed E-state index contributed by atoms with van der Waals surface area (Å²) < 4.78 is 10.2. The molecule has 0 N–H and O–H groups in total. The Bertz CT molecular complexity index is 521. The van der Waals surface area contributed by atoms with Gasteiger partial charge in [0.2, 0.25) is 0 Å². The van der Waals surface area contributed by atoms with Crippen LogP contribution in [0.1, 0.15) is 6.92 Å². The molecule has 0 saturated carbocycles. The SMILES string of the molecule is CCOc1nnc(-c2ccc([N+](=O)[O-])cc2)o1. The molecule has 0 radical (unpaired) electrons. The fourth-order valence-corrected chi connectivity index (χ4v) is 1.23. The van der Waals surface area contributed by atoms with E-state index >= 15 is 0 Å². The van der Waals surface area contributed by atoms with E-state index in [0.29, 0.717) is 12.2 Å². The Hall–Kier alpha value is -2.44. The Labute approximate surface area is 96.2 Å². The van der Waals surface area contributed by atoms with Crippen LogP contribution in [0.3, 0.4) is 0 Å². The maximum absolute atomic E-state index is 10.5. The van der Waals surface area contributed by atoms with Crippen molar-refractivity contribution in [3.8, 4) is 17.5 Å². The van der Waals surface area contributed by atoms with Crippen molar-refractivity contribution in [2.75, 3.05) is 6.61 Å². The monoisotopic (exact) mass is 235 g/mol. The predicted octanol–water partition coefficient (Wildman–Crippen LogP) is 2.04. The molecule has 1 heterocycles. The van der Waals surface area contributed by atoms with Crippen LogP contribution in [0.15, 0.2) is 28.7 Å². The van der Waals surface area contributed by atoms with E-state index in [0.717, 1.165) is 0 Å². The van der Waals surface area contributed by atoms with Crippen LogP contribution in [0.5, 0.6) is 6.08 Å². The Morgan fingerprint density at radius 2 is 2.06 bits per heavy atom. The molecule has 0 spiro atoms. The third kappa shape index (κ3) is 2.39. The summed E-state index contributed by atoms with van der Waals surface area (Å²) in [4.78, 5) is 10.0. The smallest absolute Gasteiger partial charge is 0.414 e. The molecule has 17 heavy (non-hydrogen) atoms. The highest BCUT2D eigenvalue weighted by molar-refractivity contribution is 5.55. The van der Waals surface area contributed by atoms with Gasteiger partial charge in [0, 0.05) is 17.7 Å². The summed E-state index contributed by atoms with van der Waals surface area (Å²) in [6.45, 7) is 2.23. The van der Waals surface area contributed by atoms with Crippen LogP contribution < -0.4 is 4.74 Å². The molecule has 0 atom stereocenters. The van der Waals surface area contributed by atoms with Gasteiger partial charge in [-0.25, -0.2) is 0 Å². The van der Waals surface area contributed by atoms with Gasteiger partial charge >= 0.3 is 6.08 Å². The number of hydrogen-bond donors (Lipinski definition) is 0. The average molecular weight is 235 g/mol. The van der Waals surface area contributed by atoms with Crippen LogP contribution in [0, 0.1) is 10.1 Å². The maximum Gasteiger partial charge on any atom is 0.414 e. The highest BCUT2D eigenvalue weighted by atomic mass is 16.6. The molecule has 2 aromatic rings. The van der Waals surface area contributed by atoms with Crippen LogP contribution in [-0.4, -0.2) is 21.7 Å². The summed E-state index contributed by atoms with van der Waals surface area (Å²) in [5.41, 5.74) is 0.618. The third-order valence-corrected chi connectivity index (χ3v) is 2.00. The molecule has 88 valence electrons. The Balaban J connectivity index is 2.23. The van der Waals surface area contributed by atoms with Gasteiger partial charge in [0.15, 0.2) is 0 Å². The van der Waals surface area contributed by atoms with Crippen molar-refractivity contribution in [1.82, 2.24) is 10.2 Å². The van der Waals surface area contributed by atoms with Gasteiger partial charge in [-0.05, 0) is 19.1 Å². The molecule has 7 heteroatoms. The second kappa shape index (κ2) is 4.60. The number of benzene rings is 1. The van der Waals surface area contributed by atoms with Crippen molar-refractivity contribution >= 4 is 5.69 Å². The molecule has 0 aliphatic heterocycles. The summed E-state index contributed by atoms with van der Waals surface area (Å²) in [6, 6.07) is 5.84. The molecule has 0 aliphatic carbocycles. The summed E-state index contributed by atoms with van der Waals surface area (Å²) in [7, 11) is 0. The summed E-state index contributed by atoms with van der Waals surface area (Å²) >= 11 is 0. The number of rotatable bonds is 4. The number of hydrogen-bond acceptors (Lipinski definition) is 6. The van der Waals surface area contributed by atoms with Crippen LogP contribution in [-0.2, 0) is 0 Å². The molecule has 1 aromatic heterocycles. The third-order valence-electron chi connectivity index (χ3n) is 2.00. The quantitative estimate of drug-likeness (QED) is 0.594. The van der Waals surface area contributed by atoms with Crippen LogP contribution in [0.25, 0.3) is 11.5 Å². The summed E-state index contributed by atoms with van der Waals surface area (Å²) in [6.07, 6.45) is 0.0841. The lowest BCUT2D eigenvalue weighted by Crippen LogP contribution is -1.90. The highest BCUT2D eigenvalue weighted by Gasteiger charge is 2.11. The number of non-ortho nitro benzene ring substituents is 1. The van der Waals surface area contributed by atoms with Crippen LogP contribution in [0.2, 0.25) is 0 Å². The summed E-state index contributed by atoms with van der Waals surface area (Å²) in [5, 5.41) is 17.9. The van der Waals surface area contributed by atoms with Gasteiger partial charge in [0.1, 0.15) is 0 Å². The van der Waals surface area contributed by atoms with Gasteiger partial charge in [-0.1, -0.05) is 5.10 Å². The largest absolute Gasteiger partial charge is 0.449 e. The van der Waals surface area contributed by atoms with Crippen LogP contribution in [0.4, 0.5) is 5.69 Å². The molecule has 0 unspecified atom stereocenters. The number of nitro benzene ring substituents is 1. The lowest BCUT2D eigenvalue weighted by atomic mass is 10.2. The van der Waals surface area contributed by atoms with Gasteiger partial charge in [-0.15, -0.1) is 5.10 Å². The topological polar surface area (TPSA) is 91.3 Å². The van der Waals surface area contributed by atoms with Crippen molar-refractivity contribution in [2.45, 2.75) is 6.92 Å². The first kappa shape index (κ1) is 11.1. The molecule has 7 nitrogen and oxygen atoms in total. The molecule has 0 aliphatic rings. The van der Waals surface area contributed by atoms with Crippen molar-refractivity contribution < 1.29 is 14.1 Å². The maximum atomic E-state index is 10.5. The highest BCUT2D eigenvalue weighted by Crippen LogP contribution is 2.23. The van der Waals surface area contributed by atoms with Gasteiger partial charge < -0.3 is 9.15 Å². The van der Waals surface area contributed by atoms with E-state index in [9.17, 15) is 10.1 Å². The van der Waals surface area contributed by atoms with Gasteiger partial charge in [0.05, 0.1) is 11.5 Å². The van der Waals surface area contributed by atoms with Gasteiger partial charge in [-0.2, -0.15) is 0 Å². The number of nitro groups is 1. The molecular formula is C10H9N3O4. The second-order valence-corrected chi connectivity index (χ2v) is 3.11. The minimum atomic E-state index is -0.469. The second-order valence-electron chi connectivity index (χ2n) is 3.11. The molecule has 2 rings (SSSR count).